The Morgan fingerprint density at radius 1 is 1.71 bits per heavy atom. The second-order valence-electron chi connectivity index (χ2n) is 3.98. The van der Waals surface area contributed by atoms with Crippen molar-refractivity contribution in [3.63, 3.8) is 0 Å². The topological polar surface area (TPSA) is 41.6 Å². The molecule has 0 aliphatic carbocycles. The summed E-state index contributed by atoms with van der Waals surface area (Å²) in [6, 6.07) is 3.86. The van der Waals surface area contributed by atoms with Crippen molar-refractivity contribution in [3.05, 3.63) is 21.3 Å². The first-order valence-corrected chi connectivity index (χ1v) is 6.72. The molecule has 0 unspecified atom stereocenters. The van der Waals surface area contributed by atoms with Crippen LogP contribution in [0.1, 0.15) is 11.8 Å². The lowest BCUT2D eigenvalue weighted by molar-refractivity contribution is 0.0190. The largest absolute Gasteiger partial charge is 0.377 e. The van der Waals surface area contributed by atoms with Crippen molar-refractivity contribution >= 4 is 29.0 Å². The SMILES string of the molecule is C[C@@H]1COCCN1C(=O)NCc1ccc(Cl)s1. The Labute approximate surface area is 110 Å². The minimum atomic E-state index is -0.0367. The lowest BCUT2D eigenvalue weighted by atomic mass is 10.3. The molecule has 2 rings (SSSR count). The fourth-order valence-electron chi connectivity index (χ4n) is 1.74. The zero-order chi connectivity index (χ0) is 12.3. The van der Waals surface area contributed by atoms with Crippen LogP contribution in [0.2, 0.25) is 4.34 Å². The van der Waals surface area contributed by atoms with Gasteiger partial charge in [-0.3, -0.25) is 0 Å². The molecule has 1 aromatic rings. The minimum absolute atomic E-state index is 0.0367. The Kier molecular flexibility index (Phi) is 4.25. The summed E-state index contributed by atoms with van der Waals surface area (Å²) in [7, 11) is 0. The van der Waals surface area contributed by atoms with Crippen molar-refractivity contribution in [2.75, 3.05) is 19.8 Å². The predicted octanol–water partition coefficient (Wildman–Crippen LogP) is 2.33. The van der Waals surface area contributed by atoms with Crippen LogP contribution in [0.25, 0.3) is 0 Å². The van der Waals surface area contributed by atoms with E-state index < -0.39 is 0 Å². The molecule has 0 spiro atoms. The van der Waals surface area contributed by atoms with Crippen LogP contribution < -0.4 is 5.32 Å². The quantitative estimate of drug-likeness (QED) is 0.899. The van der Waals surface area contributed by atoms with Crippen LogP contribution in [0, 0.1) is 0 Å². The zero-order valence-corrected chi connectivity index (χ0v) is 11.2. The molecular weight excluding hydrogens is 260 g/mol. The van der Waals surface area contributed by atoms with Gasteiger partial charge in [0.2, 0.25) is 0 Å². The molecular formula is C11H15ClN2O2S. The molecule has 1 aliphatic heterocycles. The molecule has 94 valence electrons. The van der Waals surface area contributed by atoms with E-state index in [-0.39, 0.29) is 12.1 Å². The number of hydrogen-bond donors (Lipinski definition) is 1. The molecule has 1 aromatic heterocycles. The monoisotopic (exact) mass is 274 g/mol. The molecule has 17 heavy (non-hydrogen) atoms. The van der Waals surface area contributed by atoms with Crippen LogP contribution in [-0.2, 0) is 11.3 Å². The molecule has 2 heterocycles. The summed E-state index contributed by atoms with van der Waals surface area (Å²) in [5.41, 5.74) is 0. The Morgan fingerprint density at radius 2 is 2.53 bits per heavy atom. The number of carbonyl (C=O) groups is 1. The number of morpholine rings is 1. The van der Waals surface area contributed by atoms with Gasteiger partial charge in [0.05, 0.1) is 30.1 Å². The zero-order valence-electron chi connectivity index (χ0n) is 9.61. The Balaban J connectivity index is 1.84. The van der Waals surface area contributed by atoms with Gasteiger partial charge in [-0.1, -0.05) is 11.6 Å². The maximum Gasteiger partial charge on any atom is 0.318 e. The molecule has 0 radical (unpaired) electrons. The van der Waals surface area contributed by atoms with Crippen molar-refractivity contribution in [1.82, 2.24) is 10.2 Å². The molecule has 1 aliphatic rings. The predicted molar refractivity (Wildman–Crippen MR) is 68.6 cm³/mol. The third-order valence-corrected chi connectivity index (χ3v) is 3.90. The van der Waals surface area contributed by atoms with E-state index in [4.69, 9.17) is 16.3 Å². The number of carbonyl (C=O) groups excluding carboxylic acids is 1. The summed E-state index contributed by atoms with van der Waals surface area (Å²) in [4.78, 5) is 14.8. The maximum atomic E-state index is 11.9. The van der Waals surface area contributed by atoms with Crippen molar-refractivity contribution in [2.45, 2.75) is 19.5 Å². The summed E-state index contributed by atoms with van der Waals surface area (Å²) >= 11 is 7.31. The molecule has 0 bridgehead atoms. The number of amides is 2. The average molecular weight is 275 g/mol. The number of urea groups is 1. The van der Waals surface area contributed by atoms with E-state index >= 15 is 0 Å². The number of thiophene rings is 1. The second-order valence-corrected chi connectivity index (χ2v) is 5.78. The van der Waals surface area contributed by atoms with Crippen LogP contribution >= 0.6 is 22.9 Å². The standard InChI is InChI=1S/C11H15ClN2O2S/c1-8-7-16-5-4-14(8)11(15)13-6-9-2-3-10(12)17-9/h2-3,8H,4-7H2,1H3,(H,13,15)/t8-/m1/s1. The lowest BCUT2D eigenvalue weighted by Crippen LogP contribution is -2.51. The smallest absolute Gasteiger partial charge is 0.318 e. The molecule has 1 atom stereocenters. The fourth-order valence-corrected chi connectivity index (χ4v) is 2.77. The van der Waals surface area contributed by atoms with Crippen LogP contribution in [0.4, 0.5) is 4.79 Å². The third-order valence-electron chi connectivity index (χ3n) is 2.67. The second kappa shape index (κ2) is 5.71. The van der Waals surface area contributed by atoms with E-state index in [1.54, 1.807) is 4.90 Å². The summed E-state index contributed by atoms with van der Waals surface area (Å²) in [5, 5.41) is 2.90. The van der Waals surface area contributed by atoms with Gasteiger partial charge in [0.15, 0.2) is 0 Å². The third kappa shape index (κ3) is 3.34. The fraction of sp³-hybridized carbons (Fsp3) is 0.545. The van der Waals surface area contributed by atoms with Crippen molar-refractivity contribution in [2.24, 2.45) is 0 Å². The van der Waals surface area contributed by atoms with Gasteiger partial charge >= 0.3 is 6.03 Å². The highest BCUT2D eigenvalue weighted by Crippen LogP contribution is 2.21. The Bertz CT molecular complexity index is 397. The molecule has 2 amide bonds. The lowest BCUT2D eigenvalue weighted by Gasteiger charge is -2.33. The molecule has 1 saturated heterocycles. The first-order valence-electron chi connectivity index (χ1n) is 5.53. The van der Waals surface area contributed by atoms with Crippen molar-refractivity contribution in [1.29, 1.82) is 0 Å². The van der Waals surface area contributed by atoms with Gasteiger partial charge < -0.3 is 15.0 Å². The van der Waals surface area contributed by atoms with Crippen LogP contribution in [-0.4, -0.2) is 36.7 Å². The van der Waals surface area contributed by atoms with Gasteiger partial charge in [-0.15, -0.1) is 11.3 Å². The van der Waals surface area contributed by atoms with E-state index in [1.165, 1.54) is 11.3 Å². The van der Waals surface area contributed by atoms with Crippen molar-refractivity contribution in [3.8, 4) is 0 Å². The summed E-state index contributed by atoms with van der Waals surface area (Å²) in [5.74, 6) is 0. The number of nitrogens with one attached hydrogen (secondary N) is 1. The Hall–Kier alpha value is -0.780. The van der Waals surface area contributed by atoms with Gasteiger partial charge in [-0.2, -0.15) is 0 Å². The molecule has 0 aromatic carbocycles. The van der Waals surface area contributed by atoms with Crippen LogP contribution in [0.5, 0.6) is 0 Å². The van der Waals surface area contributed by atoms with E-state index in [1.807, 2.05) is 19.1 Å². The van der Waals surface area contributed by atoms with E-state index in [0.29, 0.717) is 26.3 Å². The molecule has 1 N–H and O–H groups in total. The van der Waals surface area contributed by atoms with E-state index in [9.17, 15) is 4.79 Å². The summed E-state index contributed by atoms with van der Waals surface area (Å²) in [6.07, 6.45) is 0. The highest BCUT2D eigenvalue weighted by molar-refractivity contribution is 7.16. The number of hydrogen-bond acceptors (Lipinski definition) is 3. The van der Waals surface area contributed by atoms with Gasteiger partial charge in [0.1, 0.15) is 0 Å². The van der Waals surface area contributed by atoms with Gasteiger partial charge in [0.25, 0.3) is 0 Å². The molecule has 6 heteroatoms. The normalized spacial score (nSPS) is 20.4. The first-order chi connectivity index (χ1) is 8.16. The average Bonchev–Trinajstić information content (AvgIpc) is 2.73. The molecule has 0 saturated carbocycles. The van der Waals surface area contributed by atoms with Gasteiger partial charge in [-0.25, -0.2) is 4.79 Å². The van der Waals surface area contributed by atoms with Crippen LogP contribution in [0.15, 0.2) is 12.1 Å². The molecule has 4 nitrogen and oxygen atoms in total. The molecule has 1 fully saturated rings. The van der Waals surface area contributed by atoms with E-state index in [2.05, 4.69) is 5.32 Å². The van der Waals surface area contributed by atoms with E-state index in [0.717, 1.165) is 9.21 Å². The maximum absolute atomic E-state index is 11.9. The highest BCUT2D eigenvalue weighted by atomic mass is 35.5. The van der Waals surface area contributed by atoms with Gasteiger partial charge in [-0.05, 0) is 19.1 Å². The number of ether oxygens (including phenoxy) is 1. The van der Waals surface area contributed by atoms with Crippen molar-refractivity contribution < 1.29 is 9.53 Å². The summed E-state index contributed by atoms with van der Waals surface area (Å²) in [6.45, 7) is 4.39. The number of rotatable bonds is 2. The Morgan fingerprint density at radius 3 is 3.18 bits per heavy atom. The van der Waals surface area contributed by atoms with Gasteiger partial charge in [0, 0.05) is 11.4 Å². The minimum Gasteiger partial charge on any atom is -0.377 e. The summed E-state index contributed by atoms with van der Waals surface area (Å²) < 4.78 is 6.04. The number of halogens is 1. The first kappa shape index (κ1) is 12.7. The highest BCUT2D eigenvalue weighted by Gasteiger charge is 2.23. The number of nitrogens with zero attached hydrogens (tertiary/aromatic N) is 1. The van der Waals surface area contributed by atoms with Crippen LogP contribution in [0.3, 0.4) is 0 Å².